The molecule has 120 valence electrons. The molecule has 0 aromatic heterocycles. The second kappa shape index (κ2) is 6.50. The number of hydrogen-bond donors (Lipinski definition) is 1. The second-order valence-electron chi connectivity index (χ2n) is 6.01. The lowest BCUT2D eigenvalue weighted by atomic mass is 9.97. The molecule has 0 bridgehead atoms. The van der Waals surface area contributed by atoms with Crippen LogP contribution in [0.4, 0.5) is 4.39 Å². The SMILES string of the molecule is C[C@@H](c1ccc(-c2cccc(F)c2C(=O)O)cc1)N1CCCC1. The van der Waals surface area contributed by atoms with Gasteiger partial charge in [0.15, 0.2) is 0 Å². The lowest BCUT2D eigenvalue weighted by Gasteiger charge is -2.24. The Morgan fingerprint density at radius 2 is 1.78 bits per heavy atom. The Hall–Kier alpha value is -2.20. The minimum absolute atomic E-state index is 0.271. The minimum atomic E-state index is -1.24. The average Bonchev–Trinajstić information content (AvgIpc) is 3.08. The van der Waals surface area contributed by atoms with Crippen LogP contribution in [-0.2, 0) is 0 Å². The predicted molar refractivity (Wildman–Crippen MR) is 88.0 cm³/mol. The summed E-state index contributed by atoms with van der Waals surface area (Å²) in [6.07, 6.45) is 2.49. The van der Waals surface area contributed by atoms with Crippen LogP contribution in [0, 0.1) is 5.82 Å². The zero-order valence-corrected chi connectivity index (χ0v) is 13.1. The van der Waals surface area contributed by atoms with Crippen molar-refractivity contribution in [1.82, 2.24) is 4.90 Å². The molecule has 1 fully saturated rings. The maximum Gasteiger partial charge on any atom is 0.339 e. The zero-order valence-electron chi connectivity index (χ0n) is 13.1. The monoisotopic (exact) mass is 313 g/mol. The maximum atomic E-state index is 13.8. The van der Waals surface area contributed by atoms with Crippen LogP contribution in [0.5, 0.6) is 0 Å². The molecule has 0 unspecified atom stereocenters. The fourth-order valence-electron chi connectivity index (χ4n) is 3.26. The Morgan fingerprint density at radius 3 is 2.39 bits per heavy atom. The number of aromatic carboxylic acids is 1. The van der Waals surface area contributed by atoms with Gasteiger partial charge < -0.3 is 5.11 Å². The van der Waals surface area contributed by atoms with E-state index < -0.39 is 11.8 Å². The molecular weight excluding hydrogens is 293 g/mol. The number of carbonyl (C=O) groups is 1. The molecule has 2 aromatic carbocycles. The van der Waals surface area contributed by atoms with E-state index in [0.29, 0.717) is 11.6 Å². The van der Waals surface area contributed by atoms with E-state index in [9.17, 15) is 14.3 Å². The first-order chi connectivity index (χ1) is 11.1. The van der Waals surface area contributed by atoms with Gasteiger partial charge in [0.2, 0.25) is 0 Å². The summed E-state index contributed by atoms with van der Waals surface area (Å²) in [6, 6.07) is 12.5. The molecule has 1 aliphatic heterocycles. The highest BCUT2D eigenvalue weighted by Crippen LogP contribution is 2.29. The van der Waals surface area contributed by atoms with Gasteiger partial charge in [-0.25, -0.2) is 9.18 Å². The molecular formula is C19H20FNO2. The molecule has 1 atom stereocenters. The number of likely N-dealkylation sites (tertiary alicyclic amines) is 1. The van der Waals surface area contributed by atoms with Crippen LogP contribution >= 0.6 is 0 Å². The fraction of sp³-hybridized carbons (Fsp3) is 0.316. The number of carboxylic acid groups (broad SMARTS) is 1. The van der Waals surface area contributed by atoms with E-state index in [1.165, 1.54) is 30.5 Å². The van der Waals surface area contributed by atoms with E-state index in [1.54, 1.807) is 6.07 Å². The Morgan fingerprint density at radius 1 is 1.13 bits per heavy atom. The normalized spacial score (nSPS) is 16.4. The van der Waals surface area contributed by atoms with Crippen molar-refractivity contribution in [3.05, 3.63) is 59.4 Å². The molecule has 23 heavy (non-hydrogen) atoms. The highest BCUT2D eigenvalue weighted by molar-refractivity contribution is 5.96. The first-order valence-electron chi connectivity index (χ1n) is 7.94. The quantitative estimate of drug-likeness (QED) is 0.912. The van der Waals surface area contributed by atoms with Crippen molar-refractivity contribution in [2.24, 2.45) is 0 Å². The number of nitrogens with zero attached hydrogens (tertiary/aromatic N) is 1. The fourth-order valence-corrected chi connectivity index (χ4v) is 3.26. The van der Waals surface area contributed by atoms with E-state index in [2.05, 4.69) is 11.8 Å². The first kappa shape index (κ1) is 15.7. The van der Waals surface area contributed by atoms with Crippen molar-refractivity contribution >= 4 is 5.97 Å². The molecule has 0 radical (unpaired) electrons. The van der Waals surface area contributed by atoms with Crippen molar-refractivity contribution in [1.29, 1.82) is 0 Å². The van der Waals surface area contributed by atoms with Gasteiger partial charge in [-0.1, -0.05) is 36.4 Å². The Kier molecular flexibility index (Phi) is 4.44. The maximum absolute atomic E-state index is 13.8. The molecule has 3 nitrogen and oxygen atoms in total. The summed E-state index contributed by atoms with van der Waals surface area (Å²) < 4.78 is 13.8. The Balaban J connectivity index is 1.91. The summed E-state index contributed by atoms with van der Waals surface area (Å²) in [6.45, 7) is 4.43. The number of carboxylic acids is 1. The largest absolute Gasteiger partial charge is 0.478 e. The van der Waals surface area contributed by atoms with Gasteiger partial charge in [0.25, 0.3) is 0 Å². The summed E-state index contributed by atoms with van der Waals surface area (Å²) in [5, 5.41) is 9.25. The molecule has 4 heteroatoms. The topological polar surface area (TPSA) is 40.5 Å². The van der Waals surface area contributed by atoms with Crippen LogP contribution in [-0.4, -0.2) is 29.1 Å². The highest BCUT2D eigenvalue weighted by Gasteiger charge is 2.20. The van der Waals surface area contributed by atoms with Gasteiger partial charge in [0.1, 0.15) is 11.4 Å². The molecule has 1 N–H and O–H groups in total. The summed E-state index contributed by atoms with van der Waals surface area (Å²) in [4.78, 5) is 13.8. The standard InChI is InChI=1S/C19H20FNO2/c1-13(21-11-2-3-12-21)14-7-9-15(10-8-14)16-5-4-6-17(20)18(16)19(22)23/h4-10,13H,2-3,11-12H2,1H3,(H,22,23)/t13-/m0/s1. The Labute approximate surface area is 135 Å². The van der Waals surface area contributed by atoms with Gasteiger partial charge in [0.05, 0.1) is 0 Å². The van der Waals surface area contributed by atoms with E-state index in [0.717, 1.165) is 18.7 Å². The smallest absolute Gasteiger partial charge is 0.339 e. The summed E-state index contributed by atoms with van der Waals surface area (Å²) >= 11 is 0. The van der Waals surface area contributed by atoms with Crippen molar-refractivity contribution in [2.75, 3.05) is 13.1 Å². The number of halogens is 1. The van der Waals surface area contributed by atoms with Gasteiger partial charge in [-0.3, -0.25) is 4.90 Å². The van der Waals surface area contributed by atoms with Gasteiger partial charge in [-0.05, 0) is 55.6 Å². The molecule has 0 spiro atoms. The number of hydrogen-bond acceptors (Lipinski definition) is 2. The van der Waals surface area contributed by atoms with E-state index in [-0.39, 0.29) is 5.56 Å². The van der Waals surface area contributed by atoms with E-state index in [4.69, 9.17) is 0 Å². The van der Waals surface area contributed by atoms with Gasteiger partial charge >= 0.3 is 5.97 Å². The minimum Gasteiger partial charge on any atom is -0.478 e. The predicted octanol–water partition coefficient (Wildman–Crippen LogP) is 4.35. The van der Waals surface area contributed by atoms with Crippen molar-refractivity contribution in [2.45, 2.75) is 25.8 Å². The molecule has 0 amide bonds. The van der Waals surface area contributed by atoms with Crippen LogP contribution in [0.2, 0.25) is 0 Å². The molecule has 3 rings (SSSR count). The third-order valence-electron chi connectivity index (χ3n) is 4.62. The van der Waals surface area contributed by atoms with Crippen LogP contribution in [0.1, 0.15) is 41.7 Å². The third-order valence-corrected chi connectivity index (χ3v) is 4.62. The van der Waals surface area contributed by atoms with Crippen molar-refractivity contribution in [3.8, 4) is 11.1 Å². The van der Waals surface area contributed by atoms with Gasteiger partial charge in [-0.2, -0.15) is 0 Å². The molecule has 1 heterocycles. The second-order valence-corrected chi connectivity index (χ2v) is 6.01. The summed E-state index contributed by atoms with van der Waals surface area (Å²) in [7, 11) is 0. The third kappa shape index (κ3) is 3.13. The van der Waals surface area contributed by atoms with Crippen LogP contribution < -0.4 is 0 Å². The van der Waals surface area contributed by atoms with Crippen LogP contribution in [0.3, 0.4) is 0 Å². The van der Waals surface area contributed by atoms with Gasteiger partial charge in [-0.15, -0.1) is 0 Å². The molecule has 2 aromatic rings. The average molecular weight is 313 g/mol. The lowest BCUT2D eigenvalue weighted by Crippen LogP contribution is -2.23. The molecule has 1 aliphatic rings. The summed E-state index contributed by atoms with van der Waals surface area (Å²) in [5.74, 6) is -1.95. The van der Waals surface area contributed by atoms with Crippen LogP contribution in [0.25, 0.3) is 11.1 Å². The van der Waals surface area contributed by atoms with E-state index >= 15 is 0 Å². The van der Waals surface area contributed by atoms with Gasteiger partial charge in [0, 0.05) is 6.04 Å². The number of benzene rings is 2. The molecule has 0 saturated carbocycles. The zero-order chi connectivity index (χ0) is 16.4. The van der Waals surface area contributed by atoms with Crippen molar-refractivity contribution < 1.29 is 14.3 Å². The number of rotatable bonds is 4. The molecule has 1 saturated heterocycles. The van der Waals surface area contributed by atoms with Crippen molar-refractivity contribution in [3.63, 3.8) is 0 Å². The Bertz CT molecular complexity index is 706. The van der Waals surface area contributed by atoms with Crippen LogP contribution in [0.15, 0.2) is 42.5 Å². The summed E-state index contributed by atoms with van der Waals surface area (Å²) in [5.41, 5.74) is 2.06. The van der Waals surface area contributed by atoms with E-state index in [1.807, 2.05) is 24.3 Å². The molecule has 0 aliphatic carbocycles. The highest BCUT2D eigenvalue weighted by atomic mass is 19.1. The lowest BCUT2D eigenvalue weighted by molar-refractivity contribution is 0.0693. The first-order valence-corrected chi connectivity index (χ1v) is 7.94.